The minimum absolute atomic E-state index is 0.274. The number of hydrogen-bond donors (Lipinski definition) is 2. The Hall–Kier alpha value is -1.95. The first-order valence-corrected chi connectivity index (χ1v) is 6.03. The summed E-state index contributed by atoms with van der Waals surface area (Å²) in [4.78, 5) is 26.4. The first-order chi connectivity index (χ1) is 8.99. The molecule has 0 aliphatic heterocycles. The SMILES string of the molecule is CC(C)OC(=O)C(CC(=O)O)NCc1cccnc1. The largest absolute Gasteiger partial charge is 0.481 e. The zero-order valence-corrected chi connectivity index (χ0v) is 11.0. The minimum Gasteiger partial charge on any atom is -0.481 e. The van der Waals surface area contributed by atoms with Crippen LogP contribution in [0.5, 0.6) is 0 Å². The lowest BCUT2D eigenvalue weighted by Crippen LogP contribution is -2.40. The lowest BCUT2D eigenvalue weighted by atomic mass is 10.2. The fourth-order valence-corrected chi connectivity index (χ4v) is 1.47. The second-order valence-corrected chi connectivity index (χ2v) is 4.38. The molecule has 0 amide bonds. The van der Waals surface area contributed by atoms with Crippen molar-refractivity contribution in [2.24, 2.45) is 0 Å². The van der Waals surface area contributed by atoms with Crippen LogP contribution in [-0.4, -0.2) is 34.2 Å². The summed E-state index contributed by atoms with van der Waals surface area (Å²) >= 11 is 0. The fourth-order valence-electron chi connectivity index (χ4n) is 1.47. The minimum atomic E-state index is -1.05. The van der Waals surface area contributed by atoms with E-state index in [2.05, 4.69) is 10.3 Å². The molecule has 0 aromatic carbocycles. The number of aromatic nitrogens is 1. The number of carboxylic acid groups (broad SMARTS) is 1. The van der Waals surface area contributed by atoms with Gasteiger partial charge in [-0.3, -0.25) is 19.9 Å². The van der Waals surface area contributed by atoms with Gasteiger partial charge in [-0.15, -0.1) is 0 Å². The van der Waals surface area contributed by atoms with Gasteiger partial charge in [0.05, 0.1) is 12.5 Å². The van der Waals surface area contributed by atoms with Gasteiger partial charge in [-0.05, 0) is 25.5 Å². The van der Waals surface area contributed by atoms with E-state index in [1.54, 1.807) is 32.3 Å². The van der Waals surface area contributed by atoms with Gasteiger partial charge in [0, 0.05) is 18.9 Å². The summed E-state index contributed by atoms with van der Waals surface area (Å²) in [6.07, 6.45) is 2.71. The van der Waals surface area contributed by atoms with Crippen LogP contribution in [-0.2, 0) is 20.9 Å². The summed E-state index contributed by atoms with van der Waals surface area (Å²) in [7, 11) is 0. The number of ether oxygens (including phenoxy) is 1. The van der Waals surface area contributed by atoms with Gasteiger partial charge in [0.2, 0.25) is 0 Å². The van der Waals surface area contributed by atoms with Crippen molar-refractivity contribution in [3.8, 4) is 0 Å². The smallest absolute Gasteiger partial charge is 0.324 e. The highest BCUT2D eigenvalue weighted by Gasteiger charge is 2.23. The van der Waals surface area contributed by atoms with E-state index in [4.69, 9.17) is 9.84 Å². The van der Waals surface area contributed by atoms with E-state index in [1.165, 1.54) is 0 Å². The van der Waals surface area contributed by atoms with Crippen LogP contribution in [0.1, 0.15) is 25.8 Å². The van der Waals surface area contributed by atoms with Gasteiger partial charge >= 0.3 is 11.9 Å². The van der Waals surface area contributed by atoms with Crippen LogP contribution in [0.4, 0.5) is 0 Å². The van der Waals surface area contributed by atoms with E-state index in [0.29, 0.717) is 6.54 Å². The number of carbonyl (C=O) groups excluding carboxylic acids is 1. The van der Waals surface area contributed by atoms with Crippen molar-refractivity contribution < 1.29 is 19.4 Å². The van der Waals surface area contributed by atoms with Gasteiger partial charge in [0.15, 0.2) is 0 Å². The highest BCUT2D eigenvalue weighted by molar-refractivity contribution is 5.82. The van der Waals surface area contributed by atoms with E-state index in [0.717, 1.165) is 5.56 Å². The predicted molar refractivity (Wildman–Crippen MR) is 68.3 cm³/mol. The molecule has 0 saturated heterocycles. The maximum absolute atomic E-state index is 11.7. The van der Waals surface area contributed by atoms with Crippen LogP contribution < -0.4 is 5.32 Å². The van der Waals surface area contributed by atoms with Crippen LogP contribution in [0.25, 0.3) is 0 Å². The summed E-state index contributed by atoms with van der Waals surface area (Å²) in [5.74, 6) is -1.61. The number of pyridine rings is 1. The number of esters is 1. The number of rotatable bonds is 7. The number of nitrogens with one attached hydrogen (secondary N) is 1. The van der Waals surface area contributed by atoms with Crippen LogP contribution in [0, 0.1) is 0 Å². The number of carboxylic acids is 1. The number of aliphatic carboxylic acids is 1. The molecule has 0 spiro atoms. The molecule has 1 atom stereocenters. The van der Waals surface area contributed by atoms with E-state index < -0.39 is 18.0 Å². The highest BCUT2D eigenvalue weighted by Crippen LogP contribution is 2.02. The Balaban J connectivity index is 2.59. The van der Waals surface area contributed by atoms with Gasteiger partial charge in [-0.2, -0.15) is 0 Å². The third-order valence-corrected chi connectivity index (χ3v) is 2.29. The normalized spacial score (nSPS) is 12.2. The Morgan fingerprint density at radius 3 is 2.74 bits per heavy atom. The first-order valence-electron chi connectivity index (χ1n) is 6.03. The average molecular weight is 266 g/mol. The standard InChI is InChI=1S/C13H18N2O4/c1-9(2)19-13(18)11(6-12(16)17)15-8-10-4-3-5-14-7-10/h3-5,7,9,11,15H,6,8H2,1-2H3,(H,16,17). The molecule has 6 heteroatoms. The van der Waals surface area contributed by atoms with Crippen molar-refractivity contribution in [2.45, 2.75) is 39.0 Å². The van der Waals surface area contributed by atoms with Crippen molar-refractivity contribution in [3.63, 3.8) is 0 Å². The van der Waals surface area contributed by atoms with Crippen LogP contribution in [0.3, 0.4) is 0 Å². The Labute approximate surface area is 111 Å². The van der Waals surface area contributed by atoms with Crippen molar-refractivity contribution in [1.82, 2.24) is 10.3 Å². The van der Waals surface area contributed by atoms with Crippen LogP contribution in [0.15, 0.2) is 24.5 Å². The second kappa shape index (κ2) is 7.48. The quantitative estimate of drug-likeness (QED) is 0.715. The maximum atomic E-state index is 11.7. The molecule has 0 saturated carbocycles. The van der Waals surface area contributed by atoms with Crippen molar-refractivity contribution in [3.05, 3.63) is 30.1 Å². The van der Waals surface area contributed by atoms with Gasteiger partial charge in [-0.25, -0.2) is 0 Å². The topological polar surface area (TPSA) is 88.5 Å². The third kappa shape index (κ3) is 5.96. The second-order valence-electron chi connectivity index (χ2n) is 4.38. The lowest BCUT2D eigenvalue weighted by molar-refractivity contribution is -0.153. The van der Waals surface area contributed by atoms with Gasteiger partial charge in [-0.1, -0.05) is 6.07 Å². The van der Waals surface area contributed by atoms with Crippen LogP contribution in [0.2, 0.25) is 0 Å². The van der Waals surface area contributed by atoms with Gasteiger partial charge in [0.25, 0.3) is 0 Å². The molecular formula is C13H18N2O4. The van der Waals surface area contributed by atoms with Crippen LogP contribution >= 0.6 is 0 Å². The van der Waals surface area contributed by atoms with Gasteiger partial charge in [0.1, 0.15) is 6.04 Å². The summed E-state index contributed by atoms with van der Waals surface area (Å²) < 4.78 is 5.02. The maximum Gasteiger partial charge on any atom is 0.324 e. The molecule has 0 aliphatic carbocycles. The zero-order chi connectivity index (χ0) is 14.3. The first kappa shape index (κ1) is 15.1. The summed E-state index contributed by atoms with van der Waals surface area (Å²) in [5.41, 5.74) is 0.871. The third-order valence-electron chi connectivity index (χ3n) is 2.29. The fraction of sp³-hybridized carbons (Fsp3) is 0.462. The number of hydrogen-bond acceptors (Lipinski definition) is 5. The van der Waals surface area contributed by atoms with Crippen molar-refractivity contribution in [1.29, 1.82) is 0 Å². The van der Waals surface area contributed by atoms with E-state index in [9.17, 15) is 9.59 Å². The van der Waals surface area contributed by atoms with Crippen molar-refractivity contribution >= 4 is 11.9 Å². The molecule has 1 unspecified atom stereocenters. The highest BCUT2D eigenvalue weighted by atomic mass is 16.5. The van der Waals surface area contributed by atoms with E-state index in [-0.39, 0.29) is 12.5 Å². The molecule has 19 heavy (non-hydrogen) atoms. The molecule has 104 valence electrons. The zero-order valence-electron chi connectivity index (χ0n) is 11.0. The molecule has 1 aromatic heterocycles. The molecule has 2 N–H and O–H groups in total. The Morgan fingerprint density at radius 1 is 1.47 bits per heavy atom. The molecule has 1 heterocycles. The Bertz CT molecular complexity index is 420. The molecule has 0 bridgehead atoms. The molecule has 0 radical (unpaired) electrons. The molecule has 1 aromatic rings. The van der Waals surface area contributed by atoms with Crippen molar-refractivity contribution in [2.75, 3.05) is 0 Å². The van der Waals surface area contributed by atoms with Gasteiger partial charge < -0.3 is 9.84 Å². The summed E-state index contributed by atoms with van der Waals surface area (Å²) in [5, 5.41) is 11.7. The average Bonchev–Trinajstić information content (AvgIpc) is 2.34. The molecular weight excluding hydrogens is 248 g/mol. The number of carbonyl (C=O) groups is 2. The summed E-state index contributed by atoms with van der Waals surface area (Å²) in [6, 6.07) is 2.75. The number of nitrogens with zero attached hydrogens (tertiary/aromatic N) is 1. The summed E-state index contributed by atoms with van der Waals surface area (Å²) in [6.45, 7) is 3.80. The Morgan fingerprint density at radius 2 is 2.21 bits per heavy atom. The molecule has 6 nitrogen and oxygen atoms in total. The van der Waals surface area contributed by atoms with E-state index >= 15 is 0 Å². The predicted octanol–water partition coefficient (Wildman–Crippen LogP) is 0.966. The Kier molecular flexibility index (Phi) is 5.95. The van der Waals surface area contributed by atoms with E-state index in [1.807, 2.05) is 6.07 Å². The monoisotopic (exact) mass is 266 g/mol. The lowest BCUT2D eigenvalue weighted by Gasteiger charge is -2.17. The molecule has 0 fully saturated rings. The molecule has 1 rings (SSSR count). The molecule has 0 aliphatic rings.